The summed E-state index contributed by atoms with van der Waals surface area (Å²) in [4.78, 5) is 26.5. The number of rotatable bonds is 3. The molecule has 0 unspecified atom stereocenters. The summed E-state index contributed by atoms with van der Waals surface area (Å²) >= 11 is 0.943. The summed E-state index contributed by atoms with van der Waals surface area (Å²) in [5.41, 5.74) is 0.953. The molecule has 3 aromatic rings. The standard InChI is InChI=1S/C19H13NO3S/c21-18-17(11-15-8-4-10-23-15)24-19(22)20(18)12-14-7-3-6-13-5-1-2-9-16(13)14/h1-11H,12H2/b17-11+. The minimum Gasteiger partial charge on any atom is -0.465 e. The Labute approximate surface area is 142 Å². The van der Waals surface area contributed by atoms with Gasteiger partial charge in [-0.05, 0) is 40.2 Å². The van der Waals surface area contributed by atoms with Crippen LogP contribution in [0.25, 0.3) is 16.8 Å². The van der Waals surface area contributed by atoms with E-state index in [0.29, 0.717) is 10.7 Å². The van der Waals surface area contributed by atoms with Gasteiger partial charge in [-0.2, -0.15) is 0 Å². The molecule has 1 aromatic heterocycles. The summed E-state index contributed by atoms with van der Waals surface area (Å²) in [6.45, 7) is 0.265. The van der Waals surface area contributed by atoms with Crippen molar-refractivity contribution in [3.8, 4) is 0 Å². The molecular weight excluding hydrogens is 322 g/mol. The van der Waals surface area contributed by atoms with E-state index in [4.69, 9.17) is 4.42 Å². The van der Waals surface area contributed by atoms with Crippen molar-refractivity contribution < 1.29 is 14.0 Å². The number of carbonyl (C=O) groups excluding carboxylic acids is 2. The summed E-state index contributed by atoms with van der Waals surface area (Å²) in [6, 6.07) is 17.3. The summed E-state index contributed by atoms with van der Waals surface area (Å²) in [5.74, 6) is 0.278. The molecule has 1 fully saturated rings. The Hall–Kier alpha value is -2.79. The Morgan fingerprint density at radius 1 is 1.00 bits per heavy atom. The number of hydrogen-bond donors (Lipinski definition) is 0. The Kier molecular flexibility index (Phi) is 3.70. The molecule has 0 atom stereocenters. The lowest BCUT2D eigenvalue weighted by molar-refractivity contribution is -0.123. The highest BCUT2D eigenvalue weighted by molar-refractivity contribution is 8.18. The number of imide groups is 1. The van der Waals surface area contributed by atoms with Crippen LogP contribution in [-0.4, -0.2) is 16.0 Å². The van der Waals surface area contributed by atoms with Crippen LogP contribution in [0, 0.1) is 0 Å². The lowest BCUT2D eigenvalue weighted by Gasteiger charge is -2.14. The fraction of sp³-hybridized carbons (Fsp3) is 0.0526. The molecule has 0 aliphatic carbocycles. The zero-order valence-corrected chi connectivity index (χ0v) is 13.5. The number of furan rings is 1. The number of hydrogen-bond acceptors (Lipinski definition) is 4. The van der Waals surface area contributed by atoms with Gasteiger partial charge in [0.15, 0.2) is 0 Å². The zero-order valence-electron chi connectivity index (χ0n) is 12.6. The molecule has 1 aliphatic heterocycles. The molecule has 4 rings (SSSR count). The van der Waals surface area contributed by atoms with E-state index in [0.717, 1.165) is 28.1 Å². The first kappa shape index (κ1) is 14.8. The maximum absolute atomic E-state index is 12.6. The molecule has 118 valence electrons. The van der Waals surface area contributed by atoms with Crippen molar-refractivity contribution in [3.63, 3.8) is 0 Å². The van der Waals surface area contributed by atoms with E-state index < -0.39 is 0 Å². The molecular formula is C19H13NO3S. The highest BCUT2D eigenvalue weighted by Crippen LogP contribution is 2.34. The molecule has 2 aromatic carbocycles. The van der Waals surface area contributed by atoms with Crippen LogP contribution in [0.3, 0.4) is 0 Å². The minimum absolute atomic E-state index is 0.259. The number of benzene rings is 2. The zero-order chi connectivity index (χ0) is 16.5. The Bertz CT molecular complexity index is 954. The Balaban J connectivity index is 1.65. The predicted molar refractivity (Wildman–Crippen MR) is 94.2 cm³/mol. The average Bonchev–Trinajstić information content (AvgIpc) is 3.19. The summed E-state index contributed by atoms with van der Waals surface area (Å²) < 4.78 is 5.22. The highest BCUT2D eigenvalue weighted by atomic mass is 32.2. The molecule has 0 saturated carbocycles. The summed E-state index contributed by atoms with van der Waals surface area (Å²) in [7, 11) is 0. The van der Waals surface area contributed by atoms with Gasteiger partial charge in [0, 0.05) is 6.08 Å². The van der Waals surface area contributed by atoms with Crippen LogP contribution in [0.1, 0.15) is 11.3 Å². The molecule has 1 aliphatic rings. The van der Waals surface area contributed by atoms with Gasteiger partial charge in [0.05, 0.1) is 17.7 Å². The second-order valence-electron chi connectivity index (χ2n) is 5.42. The second kappa shape index (κ2) is 6.02. The molecule has 0 bridgehead atoms. The molecule has 4 nitrogen and oxygen atoms in total. The molecule has 0 radical (unpaired) electrons. The molecule has 2 heterocycles. The molecule has 0 N–H and O–H groups in total. The van der Waals surface area contributed by atoms with E-state index >= 15 is 0 Å². The quantitative estimate of drug-likeness (QED) is 0.653. The van der Waals surface area contributed by atoms with E-state index in [9.17, 15) is 9.59 Å². The van der Waals surface area contributed by atoms with Crippen molar-refractivity contribution in [2.24, 2.45) is 0 Å². The Morgan fingerprint density at radius 2 is 1.83 bits per heavy atom. The lowest BCUT2D eigenvalue weighted by Crippen LogP contribution is -2.27. The van der Waals surface area contributed by atoms with Crippen molar-refractivity contribution in [3.05, 3.63) is 77.1 Å². The molecule has 1 saturated heterocycles. The molecule has 5 heteroatoms. The lowest BCUT2D eigenvalue weighted by atomic mass is 10.0. The van der Waals surface area contributed by atoms with Crippen molar-refractivity contribution in [2.75, 3.05) is 0 Å². The topological polar surface area (TPSA) is 50.5 Å². The van der Waals surface area contributed by atoms with Crippen LogP contribution in [-0.2, 0) is 11.3 Å². The first-order valence-electron chi connectivity index (χ1n) is 7.48. The largest absolute Gasteiger partial charge is 0.465 e. The van der Waals surface area contributed by atoms with Gasteiger partial charge in [0.2, 0.25) is 0 Å². The highest BCUT2D eigenvalue weighted by Gasteiger charge is 2.35. The molecule has 2 amide bonds. The van der Waals surface area contributed by atoms with Gasteiger partial charge in [-0.15, -0.1) is 0 Å². The van der Waals surface area contributed by atoms with Crippen LogP contribution in [0.4, 0.5) is 4.79 Å². The van der Waals surface area contributed by atoms with Gasteiger partial charge in [-0.1, -0.05) is 42.5 Å². The van der Waals surface area contributed by atoms with Crippen LogP contribution < -0.4 is 0 Å². The monoisotopic (exact) mass is 335 g/mol. The third-order valence-corrected chi connectivity index (χ3v) is 4.81. The van der Waals surface area contributed by atoms with Crippen LogP contribution in [0.2, 0.25) is 0 Å². The van der Waals surface area contributed by atoms with Crippen molar-refractivity contribution in [1.29, 1.82) is 0 Å². The predicted octanol–water partition coefficient (Wildman–Crippen LogP) is 4.67. The Morgan fingerprint density at radius 3 is 2.67 bits per heavy atom. The van der Waals surface area contributed by atoms with E-state index in [1.807, 2.05) is 42.5 Å². The first-order valence-corrected chi connectivity index (χ1v) is 8.29. The number of thioether (sulfide) groups is 1. The second-order valence-corrected chi connectivity index (χ2v) is 6.41. The fourth-order valence-corrected chi connectivity index (χ4v) is 3.56. The van der Waals surface area contributed by atoms with E-state index in [2.05, 4.69) is 0 Å². The third kappa shape index (κ3) is 2.63. The minimum atomic E-state index is -0.283. The van der Waals surface area contributed by atoms with Crippen molar-refractivity contribution >= 4 is 39.8 Å². The average molecular weight is 335 g/mol. The number of fused-ring (bicyclic) bond motifs is 1. The fourth-order valence-electron chi connectivity index (χ4n) is 2.74. The normalized spacial score (nSPS) is 16.5. The molecule has 0 spiro atoms. The smallest absolute Gasteiger partial charge is 0.293 e. The van der Waals surface area contributed by atoms with Crippen molar-refractivity contribution in [1.82, 2.24) is 4.90 Å². The van der Waals surface area contributed by atoms with Crippen LogP contribution in [0.5, 0.6) is 0 Å². The van der Waals surface area contributed by atoms with E-state index in [-0.39, 0.29) is 17.7 Å². The van der Waals surface area contributed by atoms with Gasteiger partial charge in [-0.25, -0.2) is 0 Å². The summed E-state index contributed by atoms with van der Waals surface area (Å²) in [6.07, 6.45) is 3.14. The van der Waals surface area contributed by atoms with Gasteiger partial charge in [-0.3, -0.25) is 14.5 Å². The van der Waals surface area contributed by atoms with Gasteiger partial charge in [0.1, 0.15) is 5.76 Å². The first-order chi connectivity index (χ1) is 11.7. The van der Waals surface area contributed by atoms with Gasteiger partial charge < -0.3 is 4.42 Å². The summed E-state index contributed by atoms with van der Waals surface area (Å²) in [5, 5.41) is 1.88. The van der Waals surface area contributed by atoms with Gasteiger partial charge in [0.25, 0.3) is 11.1 Å². The van der Waals surface area contributed by atoms with Gasteiger partial charge >= 0.3 is 0 Å². The SMILES string of the molecule is O=C1S/C(=C/c2ccco2)C(=O)N1Cc1cccc2ccccc12. The number of nitrogens with zero attached hydrogens (tertiary/aromatic N) is 1. The van der Waals surface area contributed by atoms with Crippen LogP contribution >= 0.6 is 11.8 Å². The van der Waals surface area contributed by atoms with E-state index in [1.165, 1.54) is 11.2 Å². The number of carbonyl (C=O) groups is 2. The number of amides is 2. The van der Waals surface area contributed by atoms with Crippen LogP contribution in [0.15, 0.2) is 70.2 Å². The molecule has 24 heavy (non-hydrogen) atoms. The maximum Gasteiger partial charge on any atom is 0.293 e. The maximum atomic E-state index is 12.6. The van der Waals surface area contributed by atoms with E-state index in [1.54, 1.807) is 18.2 Å². The third-order valence-electron chi connectivity index (χ3n) is 3.90. The van der Waals surface area contributed by atoms with Crippen molar-refractivity contribution in [2.45, 2.75) is 6.54 Å².